The third kappa shape index (κ3) is 2.76. The Kier molecular flexibility index (Phi) is 3.74. The summed E-state index contributed by atoms with van der Waals surface area (Å²) in [5, 5.41) is 4.31. The highest BCUT2D eigenvalue weighted by molar-refractivity contribution is 5.96. The average molecular weight is 292 g/mol. The molecule has 0 bridgehead atoms. The normalized spacial score (nSPS) is 10.5. The molecule has 0 atom stereocenters. The summed E-state index contributed by atoms with van der Waals surface area (Å²) >= 11 is 0. The van der Waals surface area contributed by atoms with Crippen LogP contribution in [-0.4, -0.2) is 17.9 Å². The lowest BCUT2D eigenvalue weighted by atomic mass is 10.1. The van der Waals surface area contributed by atoms with Gasteiger partial charge in [0.25, 0.3) is 0 Å². The highest BCUT2D eigenvalue weighted by Crippen LogP contribution is 2.28. The first-order chi connectivity index (χ1) is 10.7. The molecule has 3 aromatic rings. The second-order valence-corrected chi connectivity index (χ2v) is 5.00. The van der Waals surface area contributed by atoms with Crippen molar-refractivity contribution in [3.63, 3.8) is 0 Å². The van der Waals surface area contributed by atoms with E-state index in [9.17, 15) is 4.79 Å². The number of aromatic nitrogens is 1. The number of ether oxygens (including phenoxy) is 1. The van der Waals surface area contributed by atoms with Crippen LogP contribution < -0.4 is 10.1 Å². The Morgan fingerprint density at radius 3 is 2.77 bits per heavy atom. The minimum Gasteiger partial charge on any atom is -0.497 e. The van der Waals surface area contributed by atoms with Crippen molar-refractivity contribution in [3.05, 3.63) is 60.3 Å². The minimum atomic E-state index is 0.0462. The number of benzene rings is 2. The van der Waals surface area contributed by atoms with Gasteiger partial charge in [-0.25, -0.2) is 0 Å². The van der Waals surface area contributed by atoms with Crippen molar-refractivity contribution in [1.82, 2.24) is 4.98 Å². The average Bonchev–Trinajstić information content (AvgIpc) is 2.55. The summed E-state index contributed by atoms with van der Waals surface area (Å²) in [4.78, 5) is 15.8. The van der Waals surface area contributed by atoms with Gasteiger partial charge in [0.15, 0.2) is 5.78 Å². The van der Waals surface area contributed by atoms with Gasteiger partial charge in [0.1, 0.15) is 5.75 Å². The summed E-state index contributed by atoms with van der Waals surface area (Å²) in [6.07, 6.45) is 1.76. The van der Waals surface area contributed by atoms with E-state index in [2.05, 4.69) is 10.3 Å². The monoisotopic (exact) mass is 292 g/mol. The summed E-state index contributed by atoms with van der Waals surface area (Å²) < 4.78 is 5.28. The Labute approximate surface area is 128 Å². The molecule has 22 heavy (non-hydrogen) atoms. The molecule has 0 unspecified atom stereocenters. The van der Waals surface area contributed by atoms with Gasteiger partial charge >= 0.3 is 0 Å². The highest BCUT2D eigenvalue weighted by Gasteiger charge is 2.06. The number of nitrogens with zero attached hydrogens (tertiary/aromatic N) is 1. The fourth-order valence-corrected chi connectivity index (χ4v) is 2.33. The van der Waals surface area contributed by atoms with Crippen LogP contribution in [0.2, 0.25) is 0 Å². The molecule has 0 radical (unpaired) electrons. The number of rotatable bonds is 4. The predicted molar refractivity (Wildman–Crippen MR) is 88.0 cm³/mol. The smallest absolute Gasteiger partial charge is 0.159 e. The summed E-state index contributed by atoms with van der Waals surface area (Å²) in [6.45, 7) is 1.56. The Hall–Kier alpha value is -2.88. The number of anilines is 2. The molecule has 0 amide bonds. The van der Waals surface area contributed by atoms with E-state index in [1.165, 1.54) is 0 Å². The SMILES string of the molecule is COc1ccc2nccc(Nc3cccc(C(C)=O)c3)c2c1. The first-order valence-electron chi connectivity index (χ1n) is 6.98. The molecule has 0 aliphatic rings. The van der Waals surface area contributed by atoms with Crippen molar-refractivity contribution in [2.24, 2.45) is 0 Å². The standard InChI is InChI=1S/C18H16N2O2/c1-12(21)13-4-3-5-14(10-13)20-18-8-9-19-17-7-6-15(22-2)11-16(17)18/h3-11H,1-2H3,(H,19,20). The van der Waals surface area contributed by atoms with Gasteiger partial charge in [0.05, 0.1) is 12.6 Å². The van der Waals surface area contributed by atoms with Crippen LogP contribution in [0.25, 0.3) is 10.9 Å². The molecule has 1 heterocycles. The zero-order valence-corrected chi connectivity index (χ0v) is 12.5. The number of pyridine rings is 1. The van der Waals surface area contributed by atoms with Gasteiger partial charge in [-0.1, -0.05) is 12.1 Å². The first kappa shape index (κ1) is 14.1. The van der Waals surface area contributed by atoms with Gasteiger partial charge in [0.2, 0.25) is 0 Å². The lowest BCUT2D eigenvalue weighted by Crippen LogP contribution is -1.96. The number of hydrogen-bond acceptors (Lipinski definition) is 4. The maximum Gasteiger partial charge on any atom is 0.159 e. The van der Waals surface area contributed by atoms with Gasteiger partial charge in [-0.2, -0.15) is 0 Å². The van der Waals surface area contributed by atoms with E-state index < -0.39 is 0 Å². The van der Waals surface area contributed by atoms with Crippen molar-refractivity contribution in [2.75, 3.05) is 12.4 Å². The minimum absolute atomic E-state index is 0.0462. The molecule has 1 aromatic heterocycles. The predicted octanol–water partition coefficient (Wildman–Crippen LogP) is 4.19. The van der Waals surface area contributed by atoms with Crippen molar-refractivity contribution in [3.8, 4) is 5.75 Å². The number of ketones is 1. The van der Waals surface area contributed by atoms with Gasteiger partial charge in [0, 0.05) is 28.5 Å². The number of carbonyl (C=O) groups excluding carboxylic acids is 1. The molecule has 0 spiro atoms. The Morgan fingerprint density at radius 2 is 2.00 bits per heavy atom. The third-order valence-corrected chi connectivity index (χ3v) is 3.50. The van der Waals surface area contributed by atoms with E-state index in [1.54, 1.807) is 26.3 Å². The molecule has 0 saturated carbocycles. The number of fused-ring (bicyclic) bond motifs is 1. The largest absolute Gasteiger partial charge is 0.497 e. The fraction of sp³-hybridized carbons (Fsp3) is 0.111. The summed E-state index contributed by atoms with van der Waals surface area (Å²) in [6, 6.07) is 15.1. The van der Waals surface area contributed by atoms with Crippen LogP contribution in [0.15, 0.2) is 54.7 Å². The Morgan fingerprint density at radius 1 is 1.14 bits per heavy atom. The first-order valence-corrected chi connectivity index (χ1v) is 6.98. The second kappa shape index (κ2) is 5.85. The molecule has 0 fully saturated rings. The molecular weight excluding hydrogens is 276 g/mol. The molecule has 110 valence electrons. The number of hydrogen-bond donors (Lipinski definition) is 1. The summed E-state index contributed by atoms with van der Waals surface area (Å²) in [7, 11) is 1.64. The Balaban J connectivity index is 2.03. The number of methoxy groups -OCH3 is 1. The van der Waals surface area contributed by atoms with Crippen LogP contribution in [0.1, 0.15) is 17.3 Å². The maximum absolute atomic E-state index is 11.5. The van der Waals surface area contributed by atoms with Crippen LogP contribution in [0.3, 0.4) is 0 Å². The van der Waals surface area contributed by atoms with E-state index in [-0.39, 0.29) is 5.78 Å². The molecule has 4 nitrogen and oxygen atoms in total. The van der Waals surface area contributed by atoms with Crippen molar-refractivity contribution >= 4 is 28.1 Å². The number of Topliss-reactive ketones (excluding diaryl/α,β-unsaturated/α-hetero) is 1. The van der Waals surface area contributed by atoms with E-state index in [0.717, 1.165) is 28.0 Å². The lowest BCUT2D eigenvalue weighted by Gasteiger charge is -2.11. The van der Waals surface area contributed by atoms with Crippen LogP contribution in [0.4, 0.5) is 11.4 Å². The molecule has 0 aliphatic carbocycles. The zero-order valence-electron chi connectivity index (χ0n) is 12.5. The Bertz CT molecular complexity index is 843. The number of carbonyl (C=O) groups is 1. The summed E-state index contributed by atoms with van der Waals surface area (Å²) in [5.74, 6) is 0.825. The van der Waals surface area contributed by atoms with Gasteiger partial charge in [-0.3, -0.25) is 9.78 Å². The molecule has 1 N–H and O–H groups in total. The summed E-state index contributed by atoms with van der Waals surface area (Å²) in [5.41, 5.74) is 3.35. The van der Waals surface area contributed by atoms with Gasteiger partial charge in [-0.15, -0.1) is 0 Å². The van der Waals surface area contributed by atoms with E-state index in [1.807, 2.05) is 42.5 Å². The van der Waals surface area contributed by atoms with Crippen LogP contribution >= 0.6 is 0 Å². The topological polar surface area (TPSA) is 51.2 Å². The third-order valence-electron chi connectivity index (χ3n) is 3.50. The van der Waals surface area contributed by atoms with Crippen molar-refractivity contribution in [1.29, 1.82) is 0 Å². The zero-order chi connectivity index (χ0) is 15.5. The van der Waals surface area contributed by atoms with E-state index >= 15 is 0 Å². The quantitative estimate of drug-likeness (QED) is 0.733. The molecule has 2 aromatic carbocycles. The highest BCUT2D eigenvalue weighted by atomic mass is 16.5. The van der Waals surface area contributed by atoms with E-state index in [0.29, 0.717) is 5.56 Å². The van der Waals surface area contributed by atoms with E-state index in [4.69, 9.17) is 4.74 Å². The molecule has 4 heteroatoms. The molecule has 0 saturated heterocycles. The molecule has 0 aliphatic heterocycles. The fourth-order valence-electron chi connectivity index (χ4n) is 2.33. The maximum atomic E-state index is 11.5. The van der Waals surface area contributed by atoms with Crippen LogP contribution in [-0.2, 0) is 0 Å². The van der Waals surface area contributed by atoms with Gasteiger partial charge < -0.3 is 10.1 Å². The van der Waals surface area contributed by atoms with Crippen molar-refractivity contribution < 1.29 is 9.53 Å². The number of nitrogens with one attached hydrogen (secondary N) is 1. The van der Waals surface area contributed by atoms with Crippen LogP contribution in [0.5, 0.6) is 5.75 Å². The van der Waals surface area contributed by atoms with Crippen molar-refractivity contribution in [2.45, 2.75) is 6.92 Å². The van der Waals surface area contributed by atoms with Gasteiger partial charge in [-0.05, 0) is 43.3 Å². The lowest BCUT2D eigenvalue weighted by molar-refractivity contribution is 0.101. The molecular formula is C18H16N2O2. The van der Waals surface area contributed by atoms with Crippen LogP contribution in [0, 0.1) is 0 Å². The second-order valence-electron chi connectivity index (χ2n) is 5.00. The molecule has 3 rings (SSSR count).